The van der Waals surface area contributed by atoms with Gasteiger partial charge in [-0.25, -0.2) is 4.79 Å². The fourth-order valence-electron chi connectivity index (χ4n) is 4.51. The predicted octanol–water partition coefficient (Wildman–Crippen LogP) is 3.86. The Morgan fingerprint density at radius 1 is 1.10 bits per heavy atom. The van der Waals surface area contributed by atoms with Crippen LogP contribution in [0.15, 0.2) is 42.5 Å². The van der Waals surface area contributed by atoms with Gasteiger partial charge in [-0.2, -0.15) is 0 Å². The molecule has 1 aliphatic carbocycles. The van der Waals surface area contributed by atoms with Gasteiger partial charge in [0.25, 0.3) is 0 Å². The second-order valence-electron chi connectivity index (χ2n) is 8.33. The number of benzene rings is 2. The highest BCUT2D eigenvalue weighted by Gasteiger charge is 2.61. The number of likely N-dealkylation sites (tertiary alicyclic amines) is 1. The lowest BCUT2D eigenvalue weighted by Crippen LogP contribution is -2.33. The van der Waals surface area contributed by atoms with Crippen molar-refractivity contribution in [2.24, 2.45) is 11.3 Å². The smallest absolute Gasteiger partial charge is 0.321 e. The second-order valence-corrected chi connectivity index (χ2v) is 8.33. The highest BCUT2D eigenvalue weighted by atomic mass is 16.7. The lowest BCUT2D eigenvalue weighted by molar-refractivity contribution is -0.118. The zero-order valence-electron chi connectivity index (χ0n) is 16.9. The fraction of sp³-hybridized carbons (Fsp3) is 0.391. The molecule has 2 aromatic rings. The molecule has 7 nitrogen and oxygen atoms in total. The molecule has 2 N–H and O–H groups in total. The third-order valence-electron chi connectivity index (χ3n) is 6.41. The van der Waals surface area contributed by atoms with E-state index in [1.165, 1.54) is 5.56 Å². The van der Waals surface area contributed by atoms with Crippen LogP contribution in [0.25, 0.3) is 0 Å². The van der Waals surface area contributed by atoms with Gasteiger partial charge >= 0.3 is 6.03 Å². The summed E-state index contributed by atoms with van der Waals surface area (Å²) in [5.74, 6) is 1.28. The number of ether oxygens (including phenoxy) is 2. The molecule has 0 bridgehead atoms. The van der Waals surface area contributed by atoms with Gasteiger partial charge in [0.2, 0.25) is 12.7 Å². The predicted molar refractivity (Wildman–Crippen MR) is 113 cm³/mol. The minimum atomic E-state index is -0.0954. The van der Waals surface area contributed by atoms with Crippen LogP contribution in [0, 0.1) is 11.3 Å². The van der Waals surface area contributed by atoms with E-state index in [4.69, 9.17) is 9.47 Å². The van der Waals surface area contributed by atoms with Gasteiger partial charge < -0.3 is 25.0 Å². The summed E-state index contributed by atoms with van der Waals surface area (Å²) in [5, 5.41) is 5.98. The molecule has 2 unspecified atom stereocenters. The summed E-state index contributed by atoms with van der Waals surface area (Å²) in [6, 6.07) is 13.2. The van der Waals surface area contributed by atoms with Crippen LogP contribution in [0.3, 0.4) is 0 Å². The van der Waals surface area contributed by atoms with Crippen LogP contribution < -0.4 is 20.1 Å². The summed E-state index contributed by atoms with van der Waals surface area (Å²) < 4.78 is 10.7. The Balaban J connectivity index is 1.18. The molecule has 2 heterocycles. The van der Waals surface area contributed by atoms with E-state index in [1.807, 2.05) is 35.2 Å². The number of carbonyl (C=O) groups excluding carboxylic acids is 2. The van der Waals surface area contributed by atoms with Gasteiger partial charge in [0.1, 0.15) is 0 Å². The quantitative estimate of drug-likeness (QED) is 0.807. The van der Waals surface area contributed by atoms with E-state index in [9.17, 15) is 9.59 Å². The molecule has 1 saturated heterocycles. The summed E-state index contributed by atoms with van der Waals surface area (Å²) in [5.41, 5.74) is 2.61. The van der Waals surface area contributed by atoms with E-state index in [0.717, 1.165) is 24.9 Å². The molecule has 3 aliphatic rings. The number of amides is 3. The van der Waals surface area contributed by atoms with Gasteiger partial charge in [-0.15, -0.1) is 0 Å². The zero-order chi connectivity index (χ0) is 20.7. The van der Waals surface area contributed by atoms with Crippen LogP contribution in [0.4, 0.5) is 16.2 Å². The Kier molecular flexibility index (Phi) is 4.53. The number of hydrogen-bond acceptors (Lipinski definition) is 4. The first-order valence-corrected chi connectivity index (χ1v) is 10.4. The summed E-state index contributed by atoms with van der Waals surface area (Å²) in [7, 11) is 0. The van der Waals surface area contributed by atoms with E-state index in [2.05, 4.69) is 17.6 Å². The molecule has 3 amide bonds. The number of carbonyl (C=O) groups is 2. The van der Waals surface area contributed by atoms with E-state index in [0.29, 0.717) is 30.3 Å². The molecule has 5 rings (SSSR count). The first-order valence-electron chi connectivity index (χ1n) is 10.4. The normalized spacial score (nSPS) is 23.5. The number of aryl methyl sites for hydroxylation is 1. The van der Waals surface area contributed by atoms with Gasteiger partial charge in [-0.05, 0) is 49.1 Å². The van der Waals surface area contributed by atoms with Crippen molar-refractivity contribution in [2.75, 3.05) is 30.5 Å². The van der Waals surface area contributed by atoms with Crippen LogP contribution >= 0.6 is 0 Å². The zero-order valence-corrected chi connectivity index (χ0v) is 16.9. The Morgan fingerprint density at radius 2 is 1.93 bits per heavy atom. The third-order valence-corrected chi connectivity index (χ3v) is 6.41. The summed E-state index contributed by atoms with van der Waals surface area (Å²) in [6.07, 6.45) is 2.60. The summed E-state index contributed by atoms with van der Waals surface area (Å²) >= 11 is 0. The molecule has 0 aromatic heterocycles. The minimum absolute atomic E-state index is 0.00627. The average Bonchev–Trinajstić information content (AvgIpc) is 3.06. The number of hydrogen-bond donors (Lipinski definition) is 2. The third kappa shape index (κ3) is 3.44. The van der Waals surface area contributed by atoms with Crippen molar-refractivity contribution in [3.8, 4) is 11.5 Å². The number of nitrogens with one attached hydrogen (secondary N) is 2. The highest BCUT2D eigenvalue weighted by Crippen LogP contribution is 2.58. The molecule has 2 aromatic carbocycles. The van der Waals surface area contributed by atoms with Crippen LogP contribution in [-0.4, -0.2) is 36.7 Å². The van der Waals surface area contributed by atoms with Crippen molar-refractivity contribution in [3.05, 3.63) is 48.0 Å². The van der Waals surface area contributed by atoms with Gasteiger partial charge in [0, 0.05) is 41.9 Å². The van der Waals surface area contributed by atoms with Crippen LogP contribution in [0.2, 0.25) is 0 Å². The number of urea groups is 1. The Labute approximate surface area is 175 Å². The molecule has 1 spiro atoms. The Morgan fingerprint density at radius 3 is 2.80 bits per heavy atom. The summed E-state index contributed by atoms with van der Waals surface area (Å²) in [6.45, 7) is 3.59. The van der Waals surface area contributed by atoms with Crippen molar-refractivity contribution in [2.45, 2.75) is 26.2 Å². The number of nitrogens with zero attached hydrogens (tertiary/aromatic N) is 1. The second kappa shape index (κ2) is 7.23. The van der Waals surface area contributed by atoms with Gasteiger partial charge in [-0.3, -0.25) is 4.79 Å². The van der Waals surface area contributed by atoms with E-state index in [1.54, 1.807) is 12.1 Å². The monoisotopic (exact) mass is 407 g/mol. The van der Waals surface area contributed by atoms with Gasteiger partial charge in [0.05, 0.1) is 0 Å². The number of fused-ring (bicyclic) bond motifs is 1. The number of rotatable bonds is 4. The number of anilines is 2. The lowest BCUT2D eigenvalue weighted by Gasteiger charge is -2.18. The van der Waals surface area contributed by atoms with Crippen molar-refractivity contribution in [3.63, 3.8) is 0 Å². The molecule has 156 valence electrons. The maximum absolute atomic E-state index is 12.8. The molecule has 2 atom stereocenters. The lowest BCUT2D eigenvalue weighted by atomic mass is 10.0. The van der Waals surface area contributed by atoms with Crippen LogP contribution in [0.5, 0.6) is 11.5 Å². The average molecular weight is 407 g/mol. The molecule has 30 heavy (non-hydrogen) atoms. The standard InChI is InChI=1S/C23H25N3O4/c1-2-15-4-3-5-16(10-15)25-22(28)26-9-8-23(13-26)12-18(23)21(27)24-17-6-7-19-20(11-17)30-14-29-19/h3-7,10-11,18H,2,8-9,12-14H2,1H3,(H,24,27)(H,25,28). The van der Waals surface area contributed by atoms with E-state index in [-0.39, 0.29) is 30.1 Å². The molecule has 0 radical (unpaired) electrons. The molecule has 1 saturated carbocycles. The Bertz CT molecular complexity index is 1010. The van der Waals surface area contributed by atoms with Crippen molar-refractivity contribution in [1.29, 1.82) is 0 Å². The van der Waals surface area contributed by atoms with E-state index < -0.39 is 0 Å². The molecule has 2 aliphatic heterocycles. The minimum Gasteiger partial charge on any atom is -0.454 e. The van der Waals surface area contributed by atoms with Crippen molar-refractivity contribution < 1.29 is 19.1 Å². The highest BCUT2D eigenvalue weighted by molar-refractivity contribution is 5.96. The van der Waals surface area contributed by atoms with Gasteiger partial charge in [-0.1, -0.05) is 19.1 Å². The molecular weight excluding hydrogens is 382 g/mol. The first-order chi connectivity index (χ1) is 14.6. The van der Waals surface area contributed by atoms with Crippen LogP contribution in [0.1, 0.15) is 25.3 Å². The molecule has 7 heteroatoms. The first kappa shape index (κ1) is 18.8. The van der Waals surface area contributed by atoms with E-state index >= 15 is 0 Å². The molecular formula is C23H25N3O4. The Hall–Kier alpha value is -3.22. The molecule has 2 fully saturated rings. The fourth-order valence-corrected chi connectivity index (χ4v) is 4.51. The SMILES string of the molecule is CCc1cccc(NC(=O)N2CCC3(CC3C(=O)Nc3ccc4c(c3)OCO4)C2)c1. The maximum atomic E-state index is 12.8. The largest absolute Gasteiger partial charge is 0.454 e. The summed E-state index contributed by atoms with van der Waals surface area (Å²) in [4.78, 5) is 27.3. The van der Waals surface area contributed by atoms with Crippen LogP contribution in [-0.2, 0) is 11.2 Å². The van der Waals surface area contributed by atoms with Crippen molar-refractivity contribution >= 4 is 23.3 Å². The maximum Gasteiger partial charge on any atom is 0.321 e. The van der Waals surface area contributed by atoms with Gasteiger partial charge in [0.15, 0.2) is 11.5 Å². The van der Waals surface area contributed by atoms with Crippen molar-refractivity contribution in [1.82, 2.24) is 4.90 Å². The topological polar surface area (TPSA) is 79.9 Å².